The number of thiophene rings is 1. The third kappa shape index (κ3) is 3.98. The molecule has 0 spiro atoms. The van der Waals surface area contributed by atoms with E-state index < -0.39 is 17.2 Å². The van der Waals surface area contributed by atoms with Gasteiger partial charge < -0.3 is 19.7 Å². The molecule has 0 unspecified atom stereocenters. The van der Waals surface area contributed by atoms with Crippen molar-refractivity contribution in [3.05, 3.63) is 22.4 Å². The van der Waals surface area contributed by atoms with Crippen LogP contribution in [-0.2, 0) is 15.0 Å². The van der Waals surface area contributed by atoms with Crippen LogP contribution in [0.25, 0.3) is 0 Å². The first-order chi connectivity index (χ1) is 13.2. The minimum atomic E-state index is -0.601. The molecule has 154 valence electrons. The Hall–Kier alpha value is -1.80. The molecule has 0 saturated carbocycles. The first-order valence-electron chi connectivity index (χ1n) is 9.97. The van der Waals surface area contributed by atoms with Gasteiger partial charge in [0.1, 0.15) is 17.2 Å². The molecule has 7 nitrogen and oxygen atoms in total. The monoisotopic (exact) mass is 407 g/mol. The number of likely N-dealkylation sites (tertiary alicyclic amines) is 1. The summed E-state index contributed by atoms with van der Waals surface area (Å²) >= 11 is 1.58. The number of fused-ring (bicyclic) bond motifs is 3. The van der Waals surface area contributed by atoms with E-state index in [4.69, 9.17) is 9.47 Å². The van der Waals surface area contributed by atoms with E-state index in [2.05, 4.69) is 10.2 Å². The van der Waals surface area contributed by atoms with Gasteiger partial charge in [0.15, 0.2) is 0 Å². The number of nitrogens with zero attached hydrogens (tertiary/aromatic N) is 2. The number of ether oxygens (including phenoxy) is 2. The number of hydrogen-bond donors (Lipinski definition) is 1. The van der Waals surface area contributed by atoms with Crippen molar-refractivity contribution in [1.82, 2.24) is 15.1 Å². The summed E-state index contributed by atoms with van der Waals surface area (Å²) in [5.74, 6) is 0.466. The Balaban J connectivity index is 1.39. The number of carbonyl (C=O) groups excluding carboxylic acids is 2. The highest BCUT2D eigenvalue weighted by molar-refractivity contribution is 7.10. The van der Waals surface area contributed by atoms with E-state index in [9.17, 15) is 9.59 Å². The number of rotatable bonds is 3. The predicted molar refractivity (Wildman–Crippen MR) is 106 cm³/mol. The fourth-order valence-electron chi connectivity index (χ4n) is 4.31. The molecule has 5 heterocycles. The molecular weight excluding hydrogens is 378 g/mol. The molecule has 8 heteroatoms. The fraction of sp³-hybridized carbons (Fsp3) is 0.700. The lowest BCUT2D eigenvalue weighted by Gasteiger charge is -2.50. The largest absolute Gasteiger partial charge is 0.445 e. The van der Waals surface area contributed by atoms with Crippen LogP contribution in [0.2, 0.25) is 0 Å². The Bertz CT molecular complexity index is 716. The second-order valence-electron chi connectivity index (χ2n) is 9.10. The summed E-state index contributed by atoms with van der Waals surface area (Å²) in [5, 5.41) is 5.05. The van der Waals surface area contributed by atoms with Crippen molar-refractivity contribution in [3.8, 4) is 0 Å². The number of alkyl carbamates (subject to hydrolysis) is 1. The van der Waals surface area contributed by atoms with Crippen LogP contribution in [-0.4, -0.2) is 66.4 Å². The van der Waals surface area contributed by atoms with Crippen molar-refractivity contribution in [2.24, 2.45) is 5.92 Å². The smallest absolute Gasteiger partial charge is 0.410 e. The summed E-state index contributed by atoms with van der Waals surface area (Å²) in [4.78, 5) is 30.1. The topological polar surface area (TPSA) is 71.1 Å². The van der Waals surface area contributed by atoms with Crippen molar-refractivity contribution in [2.45, 2.75) is 50.9 Å². The lowest BCUT2D eigenvalue weighted by Crippen LogP contribution is -2.69. The van der Waals surface area contributed by atoms with E-state index in [1.807, 2.05) is 38.3 Å². The molecular formula is C20H29N3O4S. The van der Waals surface area contributed by atoms with Crippen molar-refractivity contribution in [2.75, 3.05) is 32.7 Å². The van der Waals surface area contributed by atoms with Crippen LogP contribution in [0.3, 0.4) is 0 Å². The molecule has 0 aliphatic carbocycles. The van der Waals surface area contributed by atoms with Gasteiger partial charge in [-0.25, -0.2) is 9.59 Å². The Kier molecular flexibility index (Phi) is 5.03. The van der Waals surface area contributed by atoms with Crippen molar-refractivity contribution in [3.63, 3.8) is 0 Å². The van der Waals surface area contributed by atoms with Crippen LogP contribution in [0, 0.1) is 5.92 Å². The third-order valence-corrected chi connectivity index (χ3v) is 6.84. The average Bonchev–Trinajstić information content (AvgIpc) is 3.12. The standard InChI is InChI=1S/C20H29N3O4S/c1-19(2,3)27-18(25)23-12-20(13-23,16-5-4-10-28-16)21-17(24)26-15-11-22-8-6-14(15)7-9-22/h4-5,10,14-15H,6-9,11-13H2,1-3H3,(H,21,24)/t15-/m0/s1. The maximum absolute atomic E-state index is 12.7. The third-order valence-electron chi connectivity index (χ3n) is 5.76. The van der Waals surface area contributed by atoms with Crippen LogP contribution in [0.5, 0.6) is 0 Å². The molecule has 4 aliphatic heterocycles. The number of piperidine rings is 3. The summed E-state index contributed by atoms with van der Waals surface area (Å²) in [5.41, 5.74) is -1.14. The summed E-state index contributed by atoms with van der Waals surface area (Å²) in [6, 6.07) is 3.95. The van der Waals surface area contributed by atoms with Crippen LogP contribution < -0.4 is 5.32 Å². The molecule has 28 heavy (non-hydrogen) atoms. The van der Waals surface area contributed by atoms with Gasteiger partial charge in [0, 0.05) is 11.4 Å². The van der Waals surface area contributed by atoms with E-state index in [1.165, 1.54) is 0 Å². The highest BCUT2D eigenvalue weighted by Gasteiger charge is 2.50. The normalized spacial score (nSPS) is 28.4. The second-order valence-corrected chi connectivity index (χ2v) is 10.1. The number of hydrogen-bond acceptors (Lipinski definition) is 6. The molecule has 1 atom stereocenters. The SMILES string of the molecule is CC(C)(C)OC(=O)N1CC(NC(=O)O[C@H]2CN3CCC2CC3)(c2cccs2)C1. The molecule has 5 rings (SSSR count). The van der Waals surface area contributed by atoms with E-state index in [0.717, 1.165) is 37.4 Å². The van der Waals surface area contributed by atoms with E-state index in [-0.39, 0.29) is 12.2 Å². The molecule has 2 bridgehead atoms. The quantitative estimate of drug-likeness (QED) is 0.834. The Morgan fingerprint density at radius 3 is 2.50 bits per heavy atom. The van der Waals surface area contributed by atoms with Crippen LogP contribution in [0.4, 0.5) is 9.59 Å². The Morgan fingerprint density at radius 2 is 1.96 bits per heavy atom. The average molecular weight is 408 g/mol. The van der Waals surface area contributed by atoms with Crippen molar-refractivity contribution < 1.29 is 19.1 Å². The van der Waals surface area contributed by atoms with Crippen molar-refractivity contribution in [1.29, 1.82) is 0 Å². The van der Waals surface area contributed by atoms with Crippen LogP contribution >= 0.6 is 11.3 Å². The van der Waals surface area contributed by atoms with Gasteiger partial charge in [-0.3, -0.25) is 4.90 Å². The van der Waals surface area contributed by atoms with Gasteiger partial charge in [-0.1, -0.05) is 6.07 Å². The maximum atomic E-state index is 12.7. The summed E-state index contributed by atoms with van der Waals surface area (Å²) in [7, 11) is 0. The first kappa shape index (κ1) is 19.5. The zero-order chi connectivity index (χ0) is 19.9. The molecule has 4 aliphatic rings. The summed E-state index contributed by atoms with van der Waals surface area (Å²) in [6.45, 7) is 9.36. The van der Waals surface area contributed by atoms with Gasteiger partial charge in [0.2, 0.25) is 0 Å². The zero-order valence-electron chi connectivity index (χ0n) is 16.8. The van der Waals surface area contributed by atoms with Gasteiger partial charge in [0.05, 0.1) is 13.1 Å². The molecule has 0 aromatic carbocycles. The predicted octanol–water partition coefficient (Wildman–Crippen LogP) is 3.01. The molecule has 1 aromatic heterocycles. The summed E-state index contributed by atoms with van der Waals surface area (Å²) < 4.78 is 11.3. The molecule has 0 radical (unpaired) electrons. The molecule has 1 N–H and O–H groups in total. The Labute approximate surface area is 170 Å². The second kappa shape index (κ2) is 7.22. The van der Waals surface area contributed by atoms with Gasteiger partial charge >= 0.3 is 12.2 Å². The van der Waals surface area contributed by atoms with E-state index in [0.29, 0.717) is 19.0 Å². The number of carbonyl (C=O) groups is 2. The zero-order valence-corrected chi connectivity index (χ0v) is 17.6. The van der Waals surface area contributed by atoms with Gasteiger partial charge in [-0.15, -0.1) is 11.3 Å². The maximum Gasteiger partial charge on any atom is 0.410 e. The highest BCUT2D eigenvalue weighted by Crippen LogP contribution is 2.36. The molecule has 2 amide bonds. The fourth-order valence-corrected chi connectivity index (χ4v) is 5.18. The highest BCUT2D eigenvalue weighted by atomic mass is 32.1. The Morgan fingerprint density at radius 1 is 1.25 bits per heavy atom. The summed E-state index contributed by atoms with van der Waals surface area (Å²) in [6.07, 6.45) is 1.41. The van der Waals surface area contributed by atoms with Gasteiger partial charge in [0.25, 0.3) is 0 Å². The first-order valence-corrected chi connectivity index (χ1v) is 10.9. The van der Waals surface area contributed by atoms with Crippen LogP contribution in [0.15, 0.2) is 17.5 Å². The van der Waals surface area contributed by atoms with Gasteiger partial charge in [-0.05, 0) is 64.1 Å². The molecule has 4 saturated heterocycles. The van der Waals surface area contributed by atoms with Crippen LogP contribution in [0.1, 0.15) is 38.5 Å². The number of amides is 2. The van der Waals surface area contributed by atoms with Crippen molar-refractivity contribution >= 4 is 23.5 Å². The lowest BCUT2D eigenvalue weighted by atomic mass is 9.86. The minimum absolute atomic E-state index is 0.0371. The minimum Gasteiger partial charge on any atom is -0.445 e. The van der Waals surface area contributed by atoms with E-state index in [1.54, 1.807) is 16.2 Å². The van der Waals surface area contributed by atoms with Gasteiger partial charge in [-0.2, -0.15) is 0 Å². The number of nitrogens with one attached hydrogen (secondary N) is 1. The molecule has 1 aromatic rings. The van der Waals surface area contributed by atoms with E-state index >= 15 is 0 Å². The molecule has 4 fully saturated rings. The lowest BCUT2D eigenvalue weighted by molar-refractivity contribution is -0.0448.